The molecule has 1 aliphatic rings. The first-order chi connectivity index (χ1) is 16.1. The number of hydrogen-bond donors (Lipinski definition) is 1. The van der Waals surface area contributed by atoms with Gasteiger partial charge in [0.1, 0.15) is 0 Å². The fourth-order valence-electron chi connectivity index (χ4n) is 4.02. The maximum absolute atomic E-state index is 14.4. The normalized spacial score (nSPS) is 20.5. The summed E-state index contributed by atoms with van der Waals surface area (Å²) in [5, 5.41) is 10.2. The Labute approximate surface area is 194 Å². The van der Waals surface area contributed by atoms with E-state index in [1.807, 2.05) is 5.92 Å². The molecule has 1 N–H and O–H groups in total. The second kappa shape index (κ2) is 8.57. The van der Waals surface area contributed by atoms with Crippen LogP contribution in [0.2, 0.25) is 0 Å². The summed E-state index contributed by atoms with van der Waals surface area (Å²) in [4.78, 5) is 38.6. The molecule has 186 valence electrons. The molecule has 1 aliphatic heterocycles. The number of alkyl halides is 6. The summed E-state index contributed by atoms with van der Waals surface area (Å²) >= 11 is 0. The molecule has 1 amide bonds. The van der Waals surface area contributed by atoms with Crippen LogP contribution in [0.5, 0.6) is 0 Å². The highest BCUT2D eigenvalue weighted by Gasteiger charge is 2.69. The van der Waals surface area contributed by atoms with E-state index in [1.165, 1.54) is 26.0 Å². The minimum absolute atomic E-state index is 0.201. The van der Waals surface area contributed by atoms with Crippen LogP contribution in [0.25, 0.3) is 10.8 Å². The molecule has 0 aliphatic carbocycles. The zero-order chi connectivity index (χ0) is 26.5. The van der Waals surface area contributed by atoms with Gasteiger partial charge in [-0.05, 0) is 25.3 Å². The van der Waals surface area contributed by atoms with Crippen molar-refractivity contribution in [2.24, 2.45) is 5.92 Å². The molecule has 1 heterocycles. The topological polar surface area (TPSA) is 83.9 Å². The van der Waals surface area contributed by atoms with Gasteiger partial charge in [-0.15, -0.1) is 6.42 Å². The average molecular weight is 501 g/mol. The highest BCUT2D eigenvalue weighted by Crippen LogP contribution is 2.54. The van der Waals surface area contributed by atoms with Crippen molar-refractivity contribution >= 4 is 34.1 Å². The third kappa shape index (κ3) is 4.10. The lowest BCUT2D eigenvalue weighted by atomic mass is 9.73. The van der Waals surface area contributed by atoms with Gasteiger partial charge in [0.2, 0.25) is 11.5 Å². The van der Waals surface area contributed by atoms with Crippen LogP contribution in [-0.4, -0.2) is 47.8 Å². The number of terminal acetylenes is 1. The van der Waals surface area contributed by atoms with E-state index < -0.39 is 76.4 Å². The Hall–Kier alpha value is -3.59. The van der Waals surface area contributed by atoms with Crippen LogP contribution in [-0.2, 0) is 19.9 Å². The fourth-order valence-corrected chi connectivity index (χ4v) is 4.02. The minimum atomic E-state index is -5.76. The molecule has 0 bridgehead atoms. The second-order valence-corrected chi connectivity index (χ2v) is 8.00. The van der Waals surface area contributed by atoms with Gasteiger partial charge in [-0.2, -0.15) is 26.3 Å². The number of carbonyl (C=O) groups is 3. The number of hydrogen-bond acceptors (Lipinski definition) is 5. The highest BCUT2D eigenvalue weighted by atomic mass is 19.4. The largest absolute Gasteiger partial charge is 0.462 e. The number of amides is 1. The van der Waals surface area contributed by atoms with Crippen LogP contribution < -0.4 is 4.90 Å². The molecule has 0 spiro atoms. The number of rotatable bonds is 4. The molecule has 2 aromatic carbocycles. The number of nitrogens with zero attached hydrogens (tertiary/aromatic N) is 1. The van der Waals surface area contributed by atoms with Crippen LogP contribution in [0.1, 0.15) is 29.8 Å². The van der Waals surface area contributed by atoms with E-state index >= 15 is 0 Å². The maximum atomic E-state index is 14.4. The van der Waals surface area contributed by atoms with Crippen LogP contribution in [0.3, 0.4) is 0 Å². The molecule has 0 saturated carbocycles. The Morgan fingerprint density at radius 2 is 1.74 bits per heavy atom. The van der Waals surface area contributed by atoms with Gasteiger partial charge < -0.3 is 9.84 Å². The number of Topliss-reactive ketones (excluding diaryl/α,β-unsaturated/α-hetero) is 1. The maximum Gasteiger partial charge on any atom is 0.454 e. The Morgan fingerprint density at radius 3 is 2.23 bits per heavy atom. The first-order valence-corrected chi connectivity index (χ1v) is 9.99. The van der Waals surface area contributed by atoms with E-state index in [2.05, 4.69) is 0 Å². The molecule has 2 unspecified atom stereocenters. The molecular formula is C23H17F6NO5. The number of esters is 1. The standard InChI is InChI=1S/C23H17F6NO5/c1-4-9-30-17-13-8-6-5-7-12(13)14(18(31)22(24,25)26)10-15(17)21(34,23(27,28)29)16(19(30)32)20(33)35-11(2)3/h1,5-8,10-11,16,34H,9H2,2-3H3. The first kappa shape index (κ1) is 26.0. The summed E-state index contributed by atoms with van der Waals surface area (Å²) in [5.41, 5.74) is -7.52. The first-order valence-electron chi connectivity index (χ1n) is 9.99. The second-order valence-electron chi connectivity index (χ2n) is 8.00. The van der Waals surface area contributed by atoms with Crippen LogP contribution >= 0.6 is 0 Å². The van der Waals surface area contributed by atoms with Gasteiger partial charge in [-0.3, -0.25) is 19.3 Å². The number of fused-ring (bicyclic) bond motifs is 3. The summed E-state index contributed by atoms with van der Waals surface area (Å²) in [6.45, 7) is 1.86. The third-order valence-corrected chi connectivity index (χ3v) is 5.40. The van der Waals surface area contributed by atoms with Gasteiger partial charge in [0.25, 0.3) is 5.78 Å². The van der Waals surface area contributed by atoms with Crippen molar-refractivity contribution in [2.45, 2.75) is 37.9 Å². The lowest BCUT2D eigenvalue weighted by Crippen LogP contribution is -2.62. The van der Waals surface area contributed by atoms with Crippen LogP contribution in [0, 0.1) is 18.3 Å². The van der Waals surface area contributed by atoms with Crippen molar-refractivity contribution in [3.8, 4) is 12.3 Å². The lowest BCUT2D eigenvalue weighted by molar-refractivity contribution is -0.284. The van der Waals surface area contributed by atoms with E-state index in [0.29, 0.717) is 4.90 Å². The molecule has 0 aromatic heterocycles. The van der Waals surface area contributed by atoms with E-state index in [1.54, 1.807) is 0 Å². The number of carbonyl (C=O) groups excluding carboxylic acids is 3. The summed E-state index contributed by atoms with van der Waals surface area (Å²) in [5.74, 6) is -6.73. The molecule has 0 radical (unpaired) electrons. The number of aliphatic hydroxyl groups is 1. The molecular weight excluding hydrogens is 484 g/mol. The number of halogens is 6. The quantitative estimate of drug-likeness (QED) is 0.226. The van der Waals surface area contributed by atoms with E-state index in [0.717, 1.165) is 12.1 Å². The predicted molar refractivity (Wildman–Crippen MR) is 110 cm³/mol. The molecule has 2 atom stereocenters. The highest BCUT2D eigenvalue weighted by molar-refractivity contribution is 6.19. The molecule has 12 heteroatoms. The monoisotopic (exact) mass is 501 g/mol. The van der Waals surface area contributed by atoms with Gasteiger partial charge >= 0.3 is 18.3 Å². The van der Waals surface area contributed by atoms with Crippen molar-refractivity contribution in [2.75, 3.05) is 11.4 Å². The number of ether oxygens (including phenoxy) is 1. The molecule has 3 rings (SSSR count). The Kier molecular flexibility index (Phi) is 6.37. The lowest BCUT2D eigenvalue weighted by Gasteiger charge is -2.44. The Morgan fingerprint density at radius 1 is 1.17 bits per heavy atom. The minimum Gasteiger partial charge on any atom is -0.462 e. The van der Waals surface area contributed by atoms with E-state index in [-0.39, 0.29) is 11.5 Å². The average Bonchev–Trinajstić information content (AvgIpc) is 2.73. The van der Waals surface area contributed by atoms with Crippen molar-refractivity contribution in [3.63, 3.8) is 0 Å². The summed E-state index contributed by atoms with van der Waals surface area (Å²) in [7, 11) is 0. The third-order valence-electron chi connectivity index (χ3n) is 5.40. The van der Waals surface area contributed by atoms with Gasteiger partial charge in [0.05, 0.1) is 18.3 Å². The molecule has 2 aromatic rings. The van der Waals surface area contributed by atoms with E-state index in [9.17, 15) is 45.8 Å². The Balaban J connectivity index is 2.54. The van der Waals surface area contributed by atoms with Crippen molar-refractivity contribution in [3.05, 3.63) is 41.5 Å². The molecule has 35 heavy (non-hydrogen) atoms. The number of benzene rings is 2. The fraction of sp³-hybridized carbons (Fsp3) is 0.348. The van der Waals surface area contributed by atoms with Crippen LogP contribution in [0.15, 0.2) is 30.3 Å². The van der Waals surface area contributed by atoms with Gasteiger partial charge in [0, 0.05) is 16.5 Å². The van der Waals surface area contributed by atoms with Gasteiger partial charge in [0.15, 0.2) is 5.92 Å². The number of ketones is 1. The zero-order valence-electron chi connectivity index (χ0n) is 18.1. The van der Waals surface area contributed by atoms with Crippen molar-refractivity contribution < 1.29 is 50.6 Å². The van der Waals surface area contributed by atoms with Crippen molar-refractivity contribution in [1.82, 2.24) is 0 Å². The summed E-state index contributed by atoms with van der Waals surface area (Å²) in [6, 6.07) is 4.79. The van der Waals surface area contributed by atoms with Gasteiger partial charge in [-0.1, -0.05) is 30.2 Å². The molecule has 6 nitrogen and oxygen atoms in total. The van der Waals surface area contributed by atoms with Crippen molar-refractivity contribution in [1.29, 1.82) is 0 Å². The predicted octanol–water partition coefficient (Wildman–Crippen LogP) is 3.88. The SMILES string of the molecule is C#CCN1C(=O)C(C(=O)OC(C)C)C(O)(C(F)(F)F)c2cc(C(=O)C(F)(F)F)c3ccccc3c21. The van der Waals surface area contributed by atoms with Gasteiger partial charge in [-0.25, -0.2) is 0 Å². The summed E-state index contributed by atoms with van der Waals surface area (Å²) < 4.78 is 88.0. The Bertz CT molecular complexity index is 1260. The van der Waals surface area contributed by atoms with Crippen LogP contribution in [0.4, 0.5) is 32.0 Å². The molecule has 0 fully saturated rings. The number of anilines is 1. The summed E-state index contributed by atoms with van der Waals surface area (Å²) in [6.07, 6.45) is -6.98. The zero-order valence-corrected chi connectivity index (χ0v) is 18.1. The van der Waals surface area contributed by atoms with E-state index in [4.69, 9.17) is 11.2 Å². The molecule has 0 saturated heterocycles. The smallest absolute Gasteiger partial charge is 0.454 e.